The molecule has 0 aliphatic heterocycles. The highest BCUT2D eigenvalue weighted by molar-refractivity contribution is 5.86. The predicted molar refractivity (Wildman–Crippen MR) is 138 cm³/mol. The number of aryl methyl sites for hydroxylation is 1. The van der Waals surface area contributed by atoms with Gasteiger partial charge in [0.1, 0.15) is 0 Å². The van der Waals surface area contributed by atoms with Crippen LogP contribution in [0.5, 0.6) is 0 Å². The Kier molecular flexibility index (Phi) is 4.62. The number of nitrogens with one attached hydrogen (secondary N) is 1. The van der Waals surface area contributed by atoms with E-state index in [1.807, 2.05) is 6.07 Å². The maximum absolute atomic E-state index is 3.59. The fraction of sp³-hybridized carbons (Fsp3) is 0.0625. The van der Waals surface area contributed by atoms with Crippen molar-refractivity contribution in [1.29, 1.82) is 0 Å². The van der Waals surface area contributed by atoms with Crippen molar-refractivity contribution in [3.63, 3.8) is 0 Å². The van der Waals surface area contributed by atoms with E-state index < -0.39 is 0 Å². The number of hydrogen-bond donors (Lipinski definition) is 1. The van der Waals surface area contributed by atoms with Crippen LogP contribution in [0, 0.1) is 6.92 Å². The van der Waals surface area contributed by atoms with Crippen LogP contribution in [0.1, 0.15) is 27.8 Å². The first-order chi connectivity index (χ1) is 16.3. The molecule has 158 valence electrons. The van der Waals surface area contributed by atoms with Gasteiger partial charge in [-0.2, -0.15) is 0 Å². The molecule has 6 rings (SSSR count). The van der Waals surface area contributed by atoms with Gasteiger partial charge >= 0.3 is 0 Å². The van der Waals surface area contributed by atoms with Crippen LogP contribution >= 0.6 is 0 Å². The zero-order chi connectivity index (χ0) is 22.3. The van der Waals surface area contributed by atoms with E-state index in [2.05, 4.69) is 134 Å². The molecule has 0 saturated carbocycles. The topological polar surface area (TPSA) is 12.0 Å². The summed E-state index contributed by atoms with van der Waals surface area (Å²) < 4.78 is 0. The minimum atomic E-state index is -0.366. The van der Waals surface area contributed by atoms with Crippen molar-refractivity contribution in [1.82, 2.24) is 0 Å². The first-order valence-corrected chi connectivity index (χ1v) is 11.5. The van der Waals surface area contributed by atoms with Crippen LogP contribution in [-0.4, -0.2) is 0 Å². The molecule has 5 aromatic carbocycles. The van der Waals surface area contributed by atoms with Gasteiger partial charge in [-0.3, -0.25) is 0 Å². The molecule has 1 N–H and O–H groups in total. The monoisotopic (exact) mass is 423 g/mol. The second kappa shape index (κ2) is 7.79. The Morgan fingerprint density at radius 1 is 0.485 bits per heavy atom. The second-order valence-corrected chi connectivity index (χ2v) is 8.78. The van der Waals surface area contributed by atoms with Gasteiger partial charge in [-0.25, -0.2) is 0 Å². The average Bonchev–Trinajstić information content (AvgIpc) is 3.17. The van der Waals surface area contributed by atoms with E-state index in [1.165, 1.54) is 38.9 Å². The zero-order valence-electron chi connectivity index (χ0n) is 18.6. The van der Waals surface area contributed by atoms with Gasteiger partial charge in [0.25, 0.3) is 0 Å². The first kappa shape index (κ1) is 19.6. The summed E-state index contributed by atoms with van der Waals surface area (Å²) in [7, 11) is 0. The minimum Gasteiger partial charge on any atom is -0.356 e. The van der Waals surface area contributed by atoms with E-state index in [1.54, 1.807) is 0 Å². The third-order valence-electron chi connectivity index (χ3n) is 6.79. The van der Waals surface area contributed by atoms with E-state index in [4.69, 9.17) is 0 Å². The summed E-state index contributed by atoms with van der Waals surface area (Å²) in [5.41, 5.74) is 11.0. The summed E-state index contributed by atoms with van der Waals surface area (Å²) in [5, 5.41) is 3.59. The van der Waals surface area contributed by atoms with Crippen molar-refractivity contribution in [2.45, 2.75) is 12.3 Å². The number of hydrogen-bond acceptors (Lipinski definition) is 1. The molecule has 0 unspecified atom stereocenters. The highest BCUT2D eigenvalue weighted by atomic mass is 14.9. The van der Waals surface area contributed by atoms with Gasteiger partial charge in [0, 0.05) is 11.4 Å². The number of para-hydroxylation sites is 1. The van der Waals surface area contributed by atoms with Gasteiger partial charge in [0.2, 0.25) is 0 Å². The van der Waals surface area contributed by atoms with Crippen LogP contribution in [0.15, 0.2) is 127 Å². The van der Waals surface area contributed by atoms with Gasteiger partial charge in [0.15, 0.2) is 0 Å². The van der Waals surface area contributed by atoms with Crippen molar-refractivity contribution in [2.24, 2.45) is 0 Å². The van der Waals surface area contributed by atoms with E-state index in [0.717, 1.165) is 11.4 Å². The molecule has 1 nitrogen and oxygen atoms in total. The maximum atomic E-state index is 3.59. The Labute approximate surface area is 195 Å². The summed E-state index contributed by atoms with van der Waals surface area (Å²) in [6, 6.07) is 46.1. The van der Waals surface area contributed by atoms with Crippen LogP contribution in [0.2, 0.25) is 0 Å². The molecule has 33 heavy (non-hydrogen) atoms. The Bertz CT molecular complexity index is 1390. The third-order valence-corrected chi connectivity index (χ3v) is 6.79. The fourth-order valence-corrected chi connectivity index (χ4v) is 5.35. The van der Waals surface area contributed by atoms with Crippen molar-refractivity contribution in [3.8, 4) is 11.1 Å². The minimum absolute atomic E-state index is 0.366. The van der Waals surface area contributed by atoms with Crippen LogP contribution in [-0.2, 0) is 5.41 Å². The maximum Gasteiger partial charge on any atom is 0.0714 e. The molecule has 0 heterocycles. The Morgan fingerprint density at radius 3 is 1.73 bits per heavy atom. The normalized spacial score (nSPS) is 13.2. The molecule has 1 aliphatic rings. The molecule has 0 radical (unpaired) electrons. The van der Waals surface area contributed by atoms with Gasteiger partial charge in [-0.1, -0.05) is 109 Å². The Balaban J connectivity index is 1.63. The molecular formula is C32H25N. The molecule has 0 fully saturated rings. The number of fused-ring (bicyclic) bond motifs is 3. The fourth-order valence-electron chi connectivity index (χ4n) is 5.35. The lowest BCUT2D eigenvalue weighted by molar-refractivity contribution is 0.768. The zero-order valence-corrected chi connectivity index (χ0v) is 18.6. The molecule has 0 bridgehead atoms. The molecule has 1 aliphatic carbocycles. The van der Waals surface area contributed by atoms with Crippen LogP contribution < -0.4 is 5.32 Å². The highest BCUT2D eigenvalue weighted by Gasteiger charge is 2.45. The van der Waals surface area contributed by atoms with Gasteiger partial charge < -0.3 is 5.32 Å². The molecule has 0 aromatic heterocycles. The van der Waals surface area contributed by atoms with Crippen molar-refractivity contribution < 1.29 is 0 Å². The predicted octanol–water partition coefficient (Wildman–Crippen LogP) is 8.10. The first-order valence-electron chi connectivity index (χ1n) is 11.5. The molecular weight excluding hydrogens is 398 g/mol. The van der Waals surface area contributed by atoms with Crippen molar-refractivity contribution in [3.05, 3.63) is 155 Å². The Hall–Kier alpha value is -4.10. The van der Waals surface area contributed by atoms with Crippen molar-refractivity contribution >= 4 is 11.4 Å². The smallest absolute Gasteiger partial charge is 0.0714 e. The standard InChI is InChI=1S/C32H25N/c1-23-18-20-24(21-19-23)32(25-10-9-13-27(22-25)33-26-11-3-2-4-12-26)30-16-7-5-14-28(30)29-15-6-8-17-31(29)32/h2-22,33H,1H3. The molecule has 0 spiro atoms. The van der Waals surface area contributed by atoms with E-state index in [-0.39, 0.29) is 5.41 Å². The second-order valence-electron chi connectivity index (χ2n) is 8.78. The van der Waals surface area contributed by atoms with Gasteiger partial charge in [-0.15, -0.1) is 0 Å². The lowest BCUT2D eigenvalue weighted by Gasteiger charge is -2.34. The van der Waals surface area contributed by atoms with Gasteiger partial charge in [0.05, 0.1) is 5.41 Å². The lowest BCUT2D eigenvalue weighted by atomic mass is 9.67. The lowest BCUT2D eigenvalue weighted by Crippen LogP contribution is -2.28. The summed E-state index contributed by atoms with van der Waals surface area (Å²) in [4.78, 5) is 0. The summed E-state index contributed by atoms with van der Waals surface area (Å²) in [6.07, 6.45) is 0. The number of anilines is 2. The average molecular weight is 424 g/mol. The SMILES string of the molecule is Cc1ccc(C2(c3cccc(Nc4ccccc4)c3)c3ccccc3-c3ccccc32)cc1. The van der Waals surface area contributed by atoms with Crippen LogP contribution in [0.25, 0.3) is 11.1 Å². The number of rotatable bonds is 4. The summed E-state index contributed by atoms with van der Waals surface area (Å²) in [6.45, 7) is 2.15. The van der Waals surface area contributed by atoms with E-state index in [9.17, 15) is 0 Å². The molecule has 1 heteroatoms. The van der Waals surface area contributed by atoms with Crippen LogP contribution in [0.4, 0.5) is 11.4 Å². The quantitative estimate of drug-likeness (QED) is 0.302. The highest BCUT2D eigenvalue weighted by Crippen LogP contribution is 2.56. The van der Waals surface area contributed by atoms with Crippen LogP contribution in [0.3, 0.4) is 0 Å². The van der Waals surface area contributed by atoms with Crippen molar-refractivity contribution in [2.75, 3.05) is 5.32 Å². The van der Waals surface area contributed by atoms with Gasteiger partial charge in [-0.05, 0) is 64.6 Å². The van der Waals surface area contributed by atoms with E-state index >= 15 is 0 Å². The molecule has 0 saturated heterocycles. The van der Waals surface area contributed by atoms with E-state index in [0.29, 0.717) is 0 Å². The number of benzene rings is 5. The summed E-state index contributed by atoms with van der Waals surface area (Å²) in [5.74, 6) is 0. The third kappa shape index (κ3) is 3.08. The molecule has 5 aromatic rings. The summed E-state index contributed by atoms with van der Waals surface area (Å²) >= 11 is 0. The molecule has 0 amide bonds. The molecule has 0 atom stereocenters. The Morgan fingerprint density at radius 2 is 1.06 bits per heavy atom. The largest absolute Gasteiger partial charge is 0.356 e.